The molecule has 4 rings (SSSR count). The van der Waals surface area contributed by atoms with Gasteiger partial charge in [-0.25, -0.2) is 4.68 Å². The number of nitrogens with zero attached hydrogens (tertiary/aromatic N) is 1. The number of carbonyl (C=O) groups is 1. The predicted molar refractivity (Wildman–Crippen MR) is 120 cm³/mol. The van der Waals surface area contributed by atoms with E-state index < -0.39 is 0 Å². The molecule has 0 atom stereocenters. The average Bonchev–Trinajstić information content (AvgIpc) is 2.79. The van der Waals surface area contributed by atoms with Crippen molar-refractivity contribution in [1.82, 2.24) is 9.99 Å². The lowest BCUT2D eigenvalue weighted by Crippen LogP contribution is -2.39. The molecule has 3 aromatic rings. The number of hydrogen-bond acceptors (Lipinski definition) is 3. The summed E-state index contributed by atoms with van der Waals surface area (Å²) >= 11 is 0. The van der Waals surface area contributed by atoms with Crippen molar-refractivity contribution in [3.05, 3.63) is 93.3 Å². The van der Waals surface area contributed by atoms with Gasteiger partial charge in [-0.05, 0) is 42.0 Å². The van der Waals surface area contributed by atoms with Crippen molar-refractivity contribution >= 4 is 5.91 Å². The molecule has 1 aliphatic rings. The summed E-state index contributed by atoms with van der Waals surface area (Å²) in [5.41, 5.74) is 8.38. The van der Waals surface area contributed by atoms with Gasteiger partial charge in [-0.2, -0.15) is 0 Å². The molecule has 0 spiro atoms. The molecule has 30 heavy (non-hydrogen) atoms. The van der Waals surface area contributed by atoms with Crippen molar-refractivity contribution in [1.29, 1.82) is 0 Å². The summed E-state index contributed by atoms with van der Waals surface area (Å²) in [7, 11) is 0. The molecule has 2 N–H and O–H groups in total. The molecule has 154 valence electrons. The van der Waals surface area contributed by atoms with Crippen LogP contribution in [0.5, 0.6) is 0 Å². The van der Waals surface area contributed by atoms with Crippen LogP contribution in [0.25, 0.3) is 11.3 Å². The van der Waals surface area contributed by atoms with E-state index in [0.29, 0.717) is 13.1 Å². The van der Waals surface area contributed by atoms with Gasteiger partial charge in [-0.1, -0.05) is 67.9 Å². The zero-order chi connectivity index (χ0) is 20.9. The number of hydrogen-bond donors (Lipinski definition) is 2. The summed E-state index contributed by atoms with van der Waals surface area (Å²) in [6, 6.07) is 19.7. The van der Waals surface area contributed by atoms with E-state index in [4.69, 9.17) is 0 Å². The van der Waals surface area contributed by atoms with Crippen molar-refractivity contribution < 1.29 is 4.79 Å². The van der Waals surface area contributed by atoms with Gasteiger partial charge < -0.3 is 10.7 Å². The molecule has 2 aromatic carbocycles. The Morgan fingerprint density at radius 1 is 1.00 bits per heavy atom. The Bertz CT molecular complexity index is 1100. The van der Waals surface area contributed by atoms with Crippen LogP contribution in [0.1, 0.15) is 46.8 Å². The molecule has 0 saturated heterocycles. The fourth-order valence-electron chi connectivity index (χ4n) is 3.95. The van der Waals surface area contributed by atoms with E-state index in [1.807, 2.05) is 42.5 Å². The Hall–Kier alpha value is -3.34. The third kappa shape index (κ3) is 4.01. The SMILES string of the molecule is CCCCNn1c2c(cc(C(=O)NCc3ccccc3)c1=O)CCc1ccccc1-2. The van der Waals surface area contributed by atoms with Crippen molar-refractivity contribution in [2.75, 3.05) is 12.0 Å². The molecule has 0 unspecified atom stereocenters. The summed E-state index contributed by atoms with van der Waals surface area (Å²) in [5, 5.41) is 2.90. The number of unbranched alkanes of at least 4 members (excludes halogenated alkanes) is 1. The first-order valence-electron chi connectivity index (χ1n) is 10.6. The van der Waals surface area contributed by atoms with Gasteiger partial charge in [0.25, 0.3) is 11.5 Å². The molecule has 0 saturated carbocycles. The van der Waals surface area contributed by atoms with E-state index in [2.05, 4.69) is 29.8 Å². The summed E-state index contributed by atoms with van der Waals surface area (Å²) in [6.45, 7) is 3.19. The second kappa shape index (κ2) is 8.99. The average molecular weight is 402 g/mol. The molecule has 1 aromatic heterocycles. The molecule has 1 heterocycles. The van der Waals surface area contributed by atoms with Crippen LogP contribution in [0, 0.1) is 0 Å². The van der Waals surface area contributed by atoms with Crippen LogP contribution in [-0.4, -0.2) is 17.1 Å². The summed E-state index contributed by atoms with van der Waals surface area (Å²) in [4.78, 5) is 26.2. The van der Waals surface area contributed by atoms with Crippen molar-refractivity contribution in [3.8, 4) is 11.3 Å². The maximum Gasteiger partial charge on any atom is 0.282 e. The summed E-state index contributed by atoms with van der Waals surface area (Å²) in [6.07, 6.45) is 3.69. The lowest BCUT2D eigenvalue weighted by atomic mass is 9.88. The molecule has 5 heteroatoms. The van der Waals surface area contributed by atoms with Gasteiger partial charge in [-0.3, -0.25) is 9.59 Å². The predicted octanol–water partition coefficient (Wildman–Crippen LogP) is 3.89. The minimum Gasteiger partial charge on any atom is -0.348 e. The van der Waals surface area contributed by atoms with Gasteiger partial charge >= 0.3 is 0 Å². The van der Waals surface area contributed by atoms with Gasteiger partial charge in [-0.15, -0.1) is 0 Å². The molecule has 0 fully saturated rings. The van der Waals surface area contributed by atoms with Crippen LogP contribution in [-0.2, 0) is 19.4 Å². The van der Waals surface area contributed by atoms with Crippen molar-refractivity contribution in [2.24, 2.45) is 0 Å². The highest BCUT2D eigenvalue weighted by Crippen LogP contribution is 2.32. The van der Waals surface area contributed by atoms with Crippen molar-refractivity contribution in [2.45, 2.75) is 39.2 Å². The fourth-order valence-corrected chi connectivity index (χ4v) is 3.95. The fraction of sp³-hybridized carbons (Fsp3) is 0.280. The quantitative estimate of drug-likeness (QED) is 0.591. The molecule has 1 aliphatic carbocycles. The van der Waals surface area contributed by atoms with E-state index >= 15 is 0 Å². The largest absolute Gasteiger partial charge is 0.348 e. The number of carbonyl (C=O) groups excluding carboxylic acids is 1. The summed E-state index contributed by atoms with van der Waals surface area (Å²) < 4.78 is 1.60. The number of nitrogens with one attached hydrogen (secondary N) is 2. The summed E-state index contributed by atoms with van der Waals surface area (Å²) in [5.74, 6) is -0.337. The molecule has 1 amide bonds. The third-order valence-electron chi connectivity index (χ3n) is 5.56. The first kappa shape index (κ1) is 20.0. The van der Waals surface area contributed by atoms with Crippen LogP contribution in [0.3, 0.4) is 0 Å². The number of aromatic nitrogens is 1. The van der Waals surface area contributed by atoms with E-state index in [-0.39, 0.29) is 17.0 Å². The first-order valence-corrected chi connectivity index (χ1v) is 10.6. The van der Waals surface area contributed by atoms with E-state index in [9.17, 15) is 9.59 Å². The highest BCUT2D eigenvalue weighted by molar-refractivity contribution is 5.94. The van der Waals surface area contributed by atoms with Gasteiger partial charge in [0.2, 0.25) is 0 Å². The van der Waals surface area contributed by atoms with E-state index in [1.54, 1.807) is 10.7 Å². The highest BCUT2D eigenvalue weighted by Gasteiger charge is 2.24. The Morgan fingerprint density at radius 3 is 2.53 bits per heavy atom. The lowest BCUT2D eigenvalue weighted by Gasteiger charge is -2.25. The number of benzene rings is 2. The van der Waals surface area contributed by atoms with Crippen LogP contribution >= 0.6 is 0 Å². The lowest BCUT2D eigenvalue weighted by molar-refractivity contribution is 0.0949. The van der Waals surface area contributed by atoms with Gasteiger partial charge in [0, 0.05) is 18.7 Å². The monoisotopic (exact) mass is 401 g/mol. The Labute approximate surface area is 176 Å². The number of fused-ring (bicyclic) bond motifs is 3. The van der Waals surface area contributed by atoms with Gasteiger partial charge in [0.05, 0.1) is 5.69 Å². The van der Waals surface area contributed by atoms with Crippen LogP contribution < -0.4 is 16.3 Å². The number of amides is 1. The Morgan fingerprint density at radius 2 is 1.73 bits per heavy atom. The third-order valence-corrected chi connectivity index (χ3v) is 5.56. The molecular weight excluding hydrogens is 374 g/mol. The van der Waals surface area contributed by atoms with Crippen LogP contribution in [0.2, 0.25) is 0 Å². The van der Waals surface area contributed by atoms with Gasteiger partial charge in [0.15, 0.2) is 0 Å². The minimum atomic E-state index is -0.337. The second-order valence-corrected chi connectivity index (χ2v) is 7.66. The minimum absolute atomic E-state index is 0.188. The Balaban J connectivity index is 1.71. The topological polar surface area (TPSA) is 63.1 Å². The standard InChI is InChI=1S/C25H27N3O2/c1-2-3-15-27-28-23-20(14-13-19-11-7-8-12-21(19)23)16-22(25(28)30)24(29)26-17-18-9-5-4-6-10-18/h4-12,16,27H,2-3,13-15,17H2,1H3,(H,26,29). The maximum absolute atomic E-state index is 13.3. The second-order valence-electron chi connectivity index (χ2n) is 7.66. The van der Waals surface area contributed by atoms with Gasteiger partial charge in [0.1, 0.15) is 5.56 Å². The number of pyridine rings is 1. The normalized spacial score (nSPS) is 12.0. The van der Waals surface area contributed by atoms with Crippen LogP contribution in [0.4, 0.5) is 0 Å². The molecule has 0 radical (unpaired) electrons. The molecule has 0 bridgehead atoms. The van der Waals surface area contributed by atoms with Crippen LogP contribution in [0.15, 0.2) is 65.5 Å². The zero-order valence-electron chi connectivity index (χ0n) is 17.3. The number of aryl methyl sites for hydroxylation is 2. The Kier molecular flexibility index (Phi) is 5.98. The van der Waals surface area contributed by atoms with Crippen molar-refractivity contribution in [3.63, 3.8) is 0 Å². The zero-order valence-corrected chi connectivity index (χ0v) is 17.3. The smallest absolute Gasteiger partial charge is 0.282 e. The highest BCUT2D eigenvalue weighted by atomic mass is 16.2. The maximum atomic E-state index is 13.3. The first-order chi connectivity index (χ1) is 14.7. The van der Waals surface area contributed by atoms with E-state index in [1.165, 1.54) is 5.56 Å². The molecular formula is C25H27N3O2. The number of rotatable bonds is 7. The molecule has 0 aliphatic heterocycles. The van der Waals surface area contributed by atoms with E-state index in [0.717, 1.165) is 48.1 Å². The molecule has 5 nitrogen and oxygen atoms in total.